The van der Waals surface area contributed by atoms with Crippen molar-refractivity contribution in [2.45, 2.75) is 52.5 Å². The van der Waals surface area contributed by atoms with Crippen molar-refractivity contribution in [1.82, 2.24) is 0 Å². The zero-order chi connectivity index (χ0) is 15.5. The van der Waals surface area contributed by atoms with E-state index in [0.717, 1.165) is 18.5 Å². The highest BCUT2D eigenvalue weighted by Gasteiger charge is 2.45. The molecular formula is C18H27NO2. The van der Waals surface area contributed by atoms with Crippen LogP contribution in [-0.4, -0.2) is 18.1 Å². The minimum atomic E-state index is -0.581. The first kappa shape index (κ1) is 15.9. The Hall–Kier alpha value is -1.51. The molecule has 2 unspecified atom stereocenters. The molecule has 0 aliphatic heterocycles. The molecule has 0 bridgehead atoms. The topological polar surface area (TPSA) is 38.3 Å². The Balaban J connectivity index is 2.26. The number of anilines is 1. The molecule has 21 heavy (non-hydrogen) atoms. The van der Waals surface area contributed by atoms with Crippen molar-refractivity contribution in [1.29, 1.82) is 0 Å². The first-order chi connectivity index (χ1) is 9.95. The summed E-state index contributed by atoms with van der Waals surface area (Å²) in [6, 6.07) is 8.22. The van der Waals surface area contributed by atoms with E-state index in [2.05, 4.69) is 38.2 Å². The molecule has 2 atom stereocenters. The minimum absolute atomic E-state index is 0.107. The van der Waals surface area contributed by atoms with Gasteiger partial charge in [0.1, 0.15) is 5.54 Å². The van der Waals surface area contributed by atoms with Gasteiger partial charge in [-0.3, -0.25) is 0 Å². The lowest BCUT2D eigenvalue weighted by atomic mass is 9.71. The van der Waals surface area contributed by atoms with Crippen molar-refractivity contribution in [3.8, 4) is 0 Å². The summed E-state index contributed by atoms with van der Waals surface area (Å²) in [7, 11) is 0. The van der Waals surface area contributed by atoms with Gasteiger partial charge in [0, 0.05) is 5.69 Å². The van der Waals surface area contributed by atoms with Crippen LogP contribution in [0.5, 0.6) is 0 Å². The predicted molar refractivity (Wildman–Crippen MR) is 86.3 cm³/mol. The largest absolute Gasteiger partial charge is 0.464 e. The van der Waals surface area contributed by atoms with E-state index < -0.39 is 5.54 Å². The minimum Gasteiger partial charge on any atom is -0.464 e. The highest BCUT2D eigenvalue weighted by Crippen LogP contribution is 2.39. The Kier molecular flexibility index (Phi) is 4.92. The summed E-state index contributed by atoms with van der Waals surface area (Å²) in [4.78, 5) is 12.6. The van der Waals surface area contributed by atoms with Crippen LogP contribution in [-0.2, 0) is 9.53 Å². The van der Waals surface area contributed by atoms with Gasteiger partial charge in [-0.2, -0.15) is 0 Å². The Labute approximate surface area is 128 Å². The summed E-state index contributed by atoms with van der Waals surface area (Å²) < 4.78 is 5.38. The summed E-state index contributed by atoms with van der Waals surface area (Å²) >= 11 is 0. The van der Waals surface area contributed by atoms with Crippen molar-refractivity contribution in [2.75, 3.05) is 11.9 Å². The quantitative estimate of drug-likeness (QED) is 0.846. The standard InChI is InChI=1S/C18H27NO2/c1-5-21-17(20)18(11-14(3)10-15(4)12-18)19-16-8-6-13(2)7-9-16/h6-9,14-15,19H,5,10-12H2,1-4H3. The number of hydrogen-bond acceptors (Lipinski definition) is 3. The number of ether oxygens (including phenoxy) is 1. The molecule has 1 N–H and O–H groups in total. The predicted octanol–water partition coefficient (Wildman–Crippen LogP) is 4.16. The van der Waals surface area contributed by atoms with E-state index in [4.69, 9.17) is 4.74 Å². The normalized spacial score (nSPS) is 29.0. The molecular weight excluding hydrogens is 262 g/mol. The summed E-state index contributed by atoms with van der Waals surface area (Å²) in [6.45, 7) is 8.81. The van der Waals surface area contributed by atoms with Gasteiger partial charge >= 0.3 is 5.97 Å². The molecule has 0 spiro atoms. The number of aryl methyl sites for hydroxylation is 1. The number of carbonyl (C=O) groups is 1. The Morgan fingerprint density at radius 1 is 1.24 bits per heavy atom. The van der Waals surface area contributed by atoms with Gasteiger partial charge in [-0.25, -0.2) is 4.79 Å². The lowest BCUT2D eigenvalue weighted by molar-refractivity contribution is -0.151. The zero-order valence-electron chi connectivity index (χ0n) is 13.6. The van der Waals surface area contributed by atoms with Crippen LogP contribution >= 0.6 is 0 Å². The van der Waals surface area contributed by atoms with Crippen molar-refractivity contribution < 1.29 is 9.53 Å². The molecule has 1 saturated carbocycles. The van der Waals surface area contributed by atoms with E-state index in [1.165, 1.54) is 12.0 Å². The molecule has 1 fully saturated rings. The number of carbonyl (C=O) groups excluding carboxylic acids is 1. The number of esters is 1. The molecule has 2 rings (SSSR count). The highest BCUT2D eigenvalue weighted by molar-refractivity contribution is 5.85. The van der Waals surface area contributed by atoms with Gasteiger partial charge < -0.3 is 10.1 Å². The molecule has 0 amide bonds. The zero-order valence-corrected chi connectivity index (χ0v) is 13.6. The first-order valence-corrected chi connectivity index (χ1v) is 7.97. The van der Waals surface area contributed by atoms with E-state index in [1.807, 2.05) is 19.1 Å². The van der Waals surface area contributed by atoms with E-state index in [-0.39, 0.29) is 5.97 Å². The highest BCUT2D eigenvalue weighted by atomic mass is 16.5. The van der Waals surface area contributed by atoms with Crippen LogP contribution < -0.4 is 5.32 Å². The van der Waals surface area contributed by atoms with Crippen molar-refractivity contribution in [3.05, 3.63) is 29.8 Å². The molecule has 0 saturated heterocycles. The SMILES string of the molecule is CCOC(=O)C1(Nc2ccc(C)cc2)CC(C)CC(C)C1. The van der Waals surface area contributed by atoms with Gasteiger partial charge in [0.25, 0.3) is 0 Å². The van der Waals surface area contributed by atoms with E-state index in [0.29, 0.717) is 18.4 Å². The second-order valence-corrected chi connectivity index (χ2v) is 6.65. The Bertz CT molecular complexity index is 470. The summed E-state index contributed by atoms with van der Waals surface area (Å²) in [5.74, 6) is 0.941. The molecule has 1 aromatic carbocycles. The third-order valence-electron chi connectivity index (χ3n) is 4.30. The van der Waals surface area contributed by atoms with Crippen molar-refractivity contribution in [3.63, 3.8) is 0 Å². The van der Waals surface area contributed by atoms with Crippen LogP contribution in [0.3, 0.4) is 0 Å². The van der Waals surface area contributed by atoms with E-state index in [1.54, 1.807) is 0 Å². The van der Waals surface area contributed by atoms with Crippen LogP contribution in [0.4, 0.5) is 5.69 Å². The molecule has 0 aromatic heterocycles. The van der Waals surface area contributed by atoms with Gasteiger partial charge in [0.15, 0.2) is 0 Å². The van der Waals surface area contributed by atoms with Gasteiger partial charge in [-0.05, 0) is 57.1 Å². The molecule has 116 valence electrons. The monoisotopic (exact) mass is 289 g/mol. The number of benzene rings is 1. The molecule has 3 heteroatoms. The molecule has 1 aromatic rings. The van der Waals surface area contributed by atoms with Crippen LogP contribution in [0.1, 0.15) is 45.6 Å². The van der Waals surface area contributed by atoms with Gasteiger partial charge in [-0.15, -0.1) is 0 Å². The van der Waals surface area contributed by atoms with Crippen molar-refractivity contribution >= 4 is 11.7 Å². The third-order valence-corrected chi connectivity index (χ3v) is 4.30. The fourth-order valence-corrected chi connectivity index (χ4v) is 3.63. The van der Waals surface area contributed by atoms with Gasteiger partial charge in [0.05, 0.1) is 6.61 Å². The van der Waals surface area contributed by atoms with Gasteiger partial charge in [0.2, 0.25) is 0 Å². The number of nitrogens with one attached hydrogen (secondary N) is 1. The lowest BCUT2D eigenvalue weighted by Gasteiger charge is -2.42. The Morgan fingerprint density at radius 3 is 2.33 bits per heavy atom. The second kappa shape index (κ2) is 6.50. The smallest absolute Gasteiger partial charge is 0.331 e. The van der Waals surface area contributed by atoms with Gasteiger partial charge in [-0.1, -0.05) is 31.5 Å². The molecule has 0 radical (unpaired) electrons. The average Bonchev–Trinajstić information content (AvgIpc) is 2.40. The maximum Gasteiger partial charge on any atom is 0.331 e. The third kappa shape index (κ3) is 3.78. The number of hydrogen-bond donors (Lipinski definition) is 1. The summed E-state index contributed by atoms with van der Waals surface area (Å²) in [6.07, 6.45) is 2.85. The van der Waals surface area contributed by atoms with Crippen molar-refractivity contribution in [2.24, 2.45) is 11.8 Å². The molecule has 1 aliphatic rings. The maximum absolute atomic E-state index is 12.6. The lowest BCUT2D eigenvalue weighted by Crippen LogP contribution is -2.52. The average molecular weight is 289 g/mol. The molecule has 1 aliphatic carbocycles. The van der Waals surface area contributed by atoms with Crippen LogP contribution in [0.2, 0.25) is 0 Å². The fourth-order valence-electron chi connectivity index (χ4n) is 3.63. The van der Waals surface area contributed by atoms with Crippen LogP contribution in [0, 0.1) is 18.8 Å². The fraction of sp³-hybridized carbons (Fsp3) is 0.611. The molecule has 3 nitrogen and oxygen atoms in total. The first-order valence-electron chi connectivity index (χ1n) is 7.97. The van der Waals surface area contributed by atoms with E-state index in [9.17, 15) is 4.79 Å². The number of rotatable bonds is 4. The second-order valence-electron chi connectivity index (χ2n) is 6.65. The maximum atomic E-state index is 12.6. The van der Waals surface area contributed by atoms with Crippen LogP contribution in [0.25, 0.3) is 0 Å². The van der Waals surface area contributed by atoms with Crippen LogP contribution in [0.15, 0.2) is 24.3 Å². The Morgan fingerprint density at radius 2 is 1.81 bits per heavy atom. The summed E-state index contributed by atoms with van der Waals surface area (Å²) in [5, 5.41) is 3.49. The van der Waals surface area contributed by atoms with E-state index >= 15 is 0 Å². The molecule has 0 heterocycles. The summed E-state index contributed by atoms with van der Waals surface area (Å²) in [5.41, 5.74) is 1.63.